The van der Waals surface area contributed by atoms with Gasteiger partial charge in [-0.15, -0.1) is 11.3 Å². The van der Waals surface area contributed by atoms with Crippen molar-refractivity contribution in [1.29, 1.82) is 0 Å². The molecule has 0 atom stereocenters. The van der Waals surface area contributed by atoms with Gasteiger partial charge in [-0.05, 0) is 18.2 Å². The summed E-state index contributed by atoms with van der Waals surface area (Å²) in [5, 5.41) is 21.6. The Bertz CT molecular complexity index is 743. The third-order valence-electron chi connectivity index (χ3n) is 2.39. The van der Waals surface area contributed by atoms with Gasteiger partial charge in [0.15, 0.2) is 0 Å². The first-order valence-corrected chi connectivity index (χ1v) is 6.28. The smallest absolute Gasteiger partial charge is 0.345 e. The highest BCUT2D eigenvalue weighted by Gasteiger charge is 2.15. The van der Waals surface area contributed by atoms with Crippen LogP contribution in [0, 0.1) is 15.9 Å². The van der Waals surface area contributed by atoms with Crippen LogP contribution in [0.4, 0.5) is 15.8 Å². The quantitative estimate of drug-likeness (QED) is 0.666. The van der Waals surface area contributed by atoms with E-state index in [1.165, 1.54) is 12.1 Å². The Morgan fingerprint density at radius 1 is 1.24 bits per heavy atom. The number of carbonyl (C=O) groups is 2. The fourth-order valence-corrected chi connectivity index (χ4v) is 2.26. The van der Waals surface area contributed by atoms with Crippen LogP contribution in [0.3, 0.4) is 0 Å². The highest BCUT2D eigenvalue weighted by atomic mass is 32.1. The zero-order valence-corrected chi connectivity index (χ0v) is 11.0. The number of rotatable bonds is 4. The lowest BCUT2D eigenvalue weighted by atomic mass is 10.2. The number of non-ortho nitro benzene ring substituents is 1. The second-order valence-corrected chi connectivity index (χ2v) is 4.96. The summed E-state index contributed by atoms with van der Waals surface area (Å²) >= 11 is 0.744. The summed E-state index contributed by atoms with van der Waals surface area (Å²) in [5.41, 5.74) is -0.584. The van der Waals surface area contributed by atoms with Crippen molar-refractivity contribution in [2.24, 2.45) is 0 Å². The average molecular weight is 310 g/mol. The number of carbonyl (C=O) groups excluding carboxylic acids is 1. The van der Waals surface area contributed by atoms with Gasteiger partial charge in [0.25, 0.3) is 11.6 Å². The van der Waals surface area contributed by atoms with Crippen molar-refractivity contribution < 1.29 is 24.0 Å². The Hall–Kier alpha value is -2.81. The van der Waals surface area contributed by atoms with E-state index in [1.54, 1.807) is 0 Å². The molecule has 21 heavy (non-hydrogen) atoms. The predicted octanol–water partition coefficient (Wildman–Crippen LogP) is 2.75. The molecule has 0 unspecified atom stereocenters. The summed E-state index contributed by atoms with van der Waals surface area (Å²) in [6, 6.07) is 5.22. The number of hydrogen-bond donors (Lipinski definition) is 2. The summed E-state index contributed by atoms with van der Waals surface area (Å²) < 4.78 is 13.2. The van der Waals surface area contributed by atoms with E-state index in [2.05, 4.69) is 5.32 Å². The maximum Gasteiger partial charge on any atom is 0.345 e. The molecule has 7 nitrogen and oxygen atoms in total. The minimum atomic E-state index is -1.17. The van der Waals surface area contributed by atoms with Gasteiger partial charge in [-0.2, -0.15) is 0 Å². The Balaban J connectivity index is 2.22. The maximum absolute atomic E-state index is 13.2. The van der Waals surface area contributed by atoms with Gasteiger partial charge >= 0.3 is 5.97 Å². The Labute approximate surface area is 120 Å². The molecular weight excluding hydrogens is 303 g/mol. The van der Waals surface area contributed by atoms with Gasteiger partial charge in [-0.25, -0.2) is 9.18 Å². The third kappa shape index (κ3) is 3.39. The SMILES string of the molecule is O=C(O)c1ccc(C(=O)Nc2cc(F)cc([N+](=O)[O-])c2)s1. The number of carboxylic acids is 1. The normalized spacial score (nSPS) is 10.1. The van der Waals surface area contributed by atoms with Crippen molar-refractivity contribution in [3.63, 3.8) is 0 Å². The molecule has 0 aliphatic heterocycles. The van der Waals surface area contributed by atoms with Gasteiger partial charge in [-0.1, -0.05) is 0 Å². The summed E-state index contributed by atoms with van der Waals surface area (Å²) in [4.78, 5) is 32.5. The maximum atomic E-state index is 13.2. The van der Waals surface area contributed by atoms with E-state index in [0.717, 1.165) is 29.5 Å². The topological polar surface area (TPSA) is 110 Å². The average Bonchev–Trinajstić information content (AvgIpc) is 2.87. The van der Waals surface area contributed by atoms with Crippen molar-refractivity contribution >= 4 is 34.6 Å². The fourth-order valence-electron chi connectivity index (χ4n) is 1.52. The van der Waals surface area contributed by atoms with Crippen molar-refractivity contribution in [3.8, 4) is 0 Å². The number of nitrogens with one attached hydrogen (secondary N) is 1. The van der Waals surface area contributed by atoms with Crippen LogP contribution in [-0.4, -0.2) is 21.9 Å². The zero-order chi connectivity index (χ0) is 15.6. The molecule has 2 N–H and O–H groups in total. The molecule has 108 valence electrons. The van der Waals surface area contributed by atoms with Gasteiger partial charge in [-0.3, -0.25) is 14.9 Å². The molecular formula is C12H7FN2O5S. The number of nitrogens with zero attached hydrogens (tertiary/aromatic N) is 1. The molecule has 0 saturated carbocycles. The molecule has 1 aromatic heterocycles. The molecule has 1 amide bonds. The first-order chi connectivity index (χ1) is 9.86. The second kappa shape index (κ2) is 5.67. The molecule has 0 aliphatic carbocycles. The number of aromatic carboxylic acids is 1. The minimum Gasteiger partial charge on any atom is -0.477 e. The van der Waals surface area contributed by atoms with Crippen LogP contribution in [-0.2, 0) is 0 Å². The summed E-state index contributed by atoms with van der Waals surface area (Å²) in [6.45, 7) is 0. The monoisotopic (exact) mass is 310 g/mol. The molecule has 9 heteroatoms. The van der Waals surface area contributed by atoms with Gasteiger partial charge in [0, 0.05) is 6.07 Å². The number of thiophene rings is 1. The first kappa shape index (κ1) is 14.6. The number of benzene rings is 1. The number of nitro groups is 1. The van der Waals surface area contributed by atoms with Crippen LogP contribution in [0.1, 0.15) is 19.3 Å². The lowest BCUT2D eigenvalue weighted by Gasteiger charge is -2.03. The van der Waals surface area contributed by atoms with Gasteiger partial charge < -0.3 is 10.4 Å². The number of anilines is 1. The lowest BCUT2D eigenvalue weighted by Crippen LogP contribution is -2.10. The number of nitro benzene ring substituents is 1. The van der Waals surface area contributed by atoms with Crippen LogP contribution in [0.5, 0.6) is 0 Å². The van der Waals surface area contributed by atoms with E-state index < -0.39 is 28.3 Å². The van der Waals surface area contributed by atoms with Crippen molar-refractivity contribution in [3.05, 3.63) is 56.0 Å². The van der Waals surface area contributed by atoms with Gasteiger partial charge in [0.1, 0.15) is 10.7 Å². The van der Waals surface area contributed by atoms with Crippen molar-refractivity contribution in [2.45, 2.75) is 0 Å². The van der Waals surface area contributed by atoms with Crippen molar-refractivity contribution in [1.82, 2.24) is 0 Å². The van der Waals surface area contributed by atoms with Crippen molar-refractivity contribution in [2.75, 3.05) is 5.32 Å². The van der Waals surface area contributed by atoms with Crippen LogP contribution < -0.4 is 5.32 Å². The second-order valence-electron chi connectivity index (χ2n) is 3.88. The van der Waals surface area contributed by atoms with E-state index in [9.17, 15) is 24.1 Å². The summed E-state index contributed by atoms with van der Waals surface area (Å²) in [5.74, 6) is -2.70. The number of hydrogen-bond acceptors (Lipinski definition) is 5. The largest absolute Gasteiger partial charge is 0.477 e. The first-order valence-electron chi connectivity index (χ1n) is 5.46. The molecule has 1 aromatic carbocycles. The Morgan fingerprint density at radius 3 is 2.48 bits per heavy atom. The van der Waals surface area contributed by atoms with E-state index >= 15 is 0 Å². The van der Waals surface area contributed by atoms with Gasteiger partial charge in [0.2, 0.25) is 0 Å². The van der Waals surface area contributed by atoms with Gasteiger partial charge in [0.05, 0.1) is 21.6 Å². The fraction of sp³-hybridized carbons (Fsp3) is 0. The highest BCUT2D eigenvalue weighted by molar-refractivity contribution is 7.15. The molecule has 0 fully saturated rings. The molecule has 0 bridgehead atoms. The van der Waals surface area contributed by atoms with Crippen LogP contribution in [0.25, 0.3) is 0 Å². The number of amides is 1. The Kier molecular flexibility index (Phi) is 3.94. The molecule has 0 spiro atoms. The lowest BCUT2D eigenvalue weighted by molar-refractivity contribution is -0.385. The zero-order valence-electron chi connectivity index (χ0n) is 10.2. The summed E-state index contributed by atoms with van der Waals surface area (Å²) in [7, 11) is 0. The molecule has 0 aliphatic rings. The van der Waals surface area contributed by atoms with Crippen LogP contribution in [0.15, 0.2) is 30.3 Å². The number of halogens is 1. The summed E-state index contributed by atoms with van der Waals surface area (Å²) in [6.07, 6.45) is 0. The van der Waals surface area contributed by atoms with E-state index in [0.29, 0.717) is 0 Å². The Morgan fingerprint density at radius 2 is 1.90 bits per heavy atom. The number of carboxylic acid groups (broad SMARTS) is 1. The molecule has 0 radical (unpaired) electrons. The molecule has 1 heterocycles. The van der Waals surface area contributed by atoms with E-state index in [4.69, 9.17) is 5.11 Å². The van der Waals surface area contributed by atoms with E-state index in [-0.39, 0.29) is 15.4 Å². The van der Waals surface area contributed by atoms with Crippen LogP contribution in [0.2, 0.25) is 0 Å². The van der Waals surface area contributed by atoms with E-state index in [1.807, 2.05) is 0 Å². The molecule has 2 aromatic rings. The molecule has 2 rings (SSSR count). The third-order valence-corrected chi connectivity index (χ3v) is 3.46. The van der Waals surface area contributed by atoms with Crippen LogP contribution >= 0.6 is 11.3 Å². The molecule has 0 saturated heterocycles. The highest BCUT2D eigenvalue weighted by Crippen LogP contribution is 2.22. The standard InChI is InChI=1S/C12H7FN2O5S/c13-6-3-7(5-8(4-6)15(19)20)14-11(16)9-1-2-10(21-9)12(17)18/h1-5H,(H,14,16)(H,17,18). The predicted molar refractivity (Wildman–Crippen MR) is 72.3 cm³/mol. The minimum absolute atomic E-state index is 0.0228.